The van der Waals surface area contributed by atoms with E-state index in [0.29, 0.717) is 0 Å². The molecule has 24 valence electrons. The van der Waals surface area contributed by atoms with Crippen molar-refractivity contribution in [3.8, 4) is 4.20 Å². The minimum atomic E-state index is 0.0442. The second-order valence-electron chi connectivity index (χ2n) is 0.281. The molecule has 0 N–H and O–H groups in total. The molecule has 0 nitrogen and oxygen atoms in total. The first kappa shape index (κ1) is 4.95. The first-order valence-corrected chi connectivity index (χ1v) is 6.45. The van der Waals surface area contributed by atoms with Crippen LogP contribution >= 0.6 is 13.3 Å². The zero-order valence-electron chi connectivity index (χ0n) is 2.29. The monoisotopic (exact) mass is 204 g/mol. The number of halogens is 1. The molecule has 0 bridgehead atoms. The van der Waals surface area contributed by atoms with Crippen molar-refractivity contribution in [2.45, 2.75) is 6.92 Å². The molecule has 0 radical (unpaired) electrons. The molecule has 0 aromatic carbocycles. The van der Waals surface area contributed by atoms with Crippen LogP contribution in [0.4, 0.5) is 0 Å². The molecule has 0 aromatic rings. The van der Waals surface area contributed by atoms with E-state index in [1.54, 1.807) is 0 Å². The van der Waals surface area contributed by atoms with E-state index in [2.05, 4.69) is 17.5 Å². The second-order valence-corrected chi connectivity index (χ2v) is 3.58. The standard InChI is InChI=1S/C2H3.BrH.Mo/c1-2;;/h1H3;1H;/q;;+1/p-1. The minimum absolute atomic E-state index is 0.0442. The summed E-state index contributed by atoms with van der Waals surface area (Å²) in [7, 11) is 0. The van der Waals surface area contributed by atoms with Gasteiger partial charge in [0, 0.05) is 0 Å². The maximum absolute atomic E-state index is 3.27. The molecule has 0 saturated heterocycles. The Morgan fingerprint density at radius 2 is 2.25 bits per heavy atom. The molecular weight excluding hydrogens is 200 g/mol. The Morgan fingerprint density at radius 3 is 2.25 bits per heavy atom. The Bertz CT molecular complexity index is 42.8. The third-order valence-electron chi connectivity index (χ3n) is 0.0772. The van der Waals surface area contributed by atoms with E-state index in [9.17, 15) is 0 Å². The van der Waals surface area contributed by atoms with Crippen LogP contribution in [0.3, 0.4) is 0 Å². The average Bonchev–Trinajstić information content (AvgIpc) is 1.37. The van der Waals surface area contributed by atoms with Gasteiger partial charge in [-0.2, -0.15) is 0 Å². The Kier molecular flexibility index (Phi) is 4.88. The van der Waals surface area contributed by atoms with Gasteiger partial charge in [-0.25, -0.2) is 0 Å². The van der Waals surface area contributed by atoms with E-state index >= 15 is 0 Å². The molecule has 0 spiro atoms. The van der Waals surface area contributed by atoms with Crippen LogP contribution in [-0.2, 0) is 15.8 Å². The Labute approximate surface area is 40.4 Å². The maximum atomic E-state index is 3.27. The molecule has 0 heterocycles. The normalized spacial score (nSPS) is 4.50. The Balaban J connectivity index is 2.83. The summed E-state index contributed by atoms with van der Waals surface area (Å²) in [5.74, 6) is 0. The summed E-state index contributed by atoms with van der Waals surface area (Å²) in [6, 6.07) is 0. The van der Waals surface area contributed by atoms with Crippen molar-refractivity contribution in [2.75, 3.05) is 0 Å². The van der Waals surface area contributed by atoms with Gasteiger partial charge in [-0.05, 0) is 0 Å². The molecule has 0 aliphatic rings. The zero-order chi connectivity index (χ0) is 3.41. The summed E-state index contributed by atoms with van der Waals surface area (Å²) in [5.41, 5.74) is 0. The van der Waals surface area contributed by atoms with Crippen molar-refractivity contribution >= 4 is 13.3 Å². The van der Waals surface area contributed by atoms with Gasteiger partial charge in [0.2, 0.25) is 0 Å². The van der Waals surface area contributed by atoms with Crippen molar-refractivity contribution in [3.05, 3.63) is 0 Å². The van der Waals surface area contributed by atoms with Crippen LogP contribution in [0.15, 0.2) is 0 Å². The van der Waals surface area contributed by atoms with Crippen LogP contribution in [0.5, 0.6) is 0 Å². The SMILES string of the molecule is C[C]#[Mo][Br]. The summed E-state index contributed by atoms with van der Waals surface area (Å²) < 4.78 is 2.98. The third kappa shape index (κ3) is 2.95. The molecule has 4 heavy (non-hydrogen) atoms. The van der Waals surface area contributed by atoms with Crippen molar-refractivity contribution in [2.24, 2.45) is 0 Å². The molecule has 0 aliphatic heterocycles. The first-order chi connectivity index (χ1) is 1.91. The van der Waals surface area contributed by atoms with Gasteiger partial charge >= 0.3 is 40.3 Å². The van der Waals surface area contributed by atoms with Crippen LogP contribution in [0.1, 0.15) is 6.92 Å². The molecular formula is C2H3BrMo. The summed E-state index contributed by atoms with van der Waals surface area (Å²) >= 11 is 3.31. The van der Waals surface area contributed by atoms with Crippen LogP contribution < -0.4 is 0 Å². The number of hydrogen-bond acceptors (Lipinski definition) is 0. The van der Waals surface area contributed by atoms with Gasteiger partial charge < -0.3 is 0 Å². The quantitative estimate of drug-likeness (QED) is 0.521. The van der Waals surface area contributed by atoms with Gasteiger partial charge in [0.15, 0.2) is 0 Å². The summed E-state index contributed by atoms with van der Waals surface area (Å²) in [6.45, 7) is 1.94. The van der Waals surface area contributed by atoms with E-state index in [-0.39, 0.29) is 15.8 Å². The van der Waals surface area contributed by atoms with Gasteiger partial charge in [0.25, 0.3) is 0 Å². The zero-order valence-corrected chi connectivity index (χ0v) is 5.88. The molecule has 0 atom stereocenters. The van der Waals surface area contributed by atoms with Gasteiger partial charge in [0.1, 0.15) is 0 Å². The molecule has 2 heteroatoms. The predicted octanol–water partition coefficient (Wildman–Crippen LogP) is 1.36. The number of hydrogen-bond donors (Lipinski definition) is 0. The molecule has 0 unspecified atom stereocenters. The average molecular weight is 203 g/mol. The van der Waals surface area contributed by atoms with E-state index in [1.165, 1.54) is 0 Å². The fourth-order valence-corrected chi connectivity index (χ4v) is 0. The third-order valence-corrected chi connectivity index (χ3v) is 2.37. The molecule has 0 aliphatic carbocycles. The van der Waals surface area contributed by atoms with Gasteiger partial charge in [-0.3, -0.25) is 0 Å². The second kappa shape index (κ2) is 3.95. The fourth-order valence-electron chi connectivity index (χ4n) is 0. The summed E-state index contributed by atoms with van der Waals surface area (Å²) in [4.78, 5) is 0. The fraction of sp³-hybridized carbons (Fsp3) is 0.500. The van der Waals surface area contributed by atoms with E-state index < -0.39 is 0 Å². The summed E-state index contributed by atoms with van der Waals surface area (Å²) in [5, 5.41) is 0. The molecule has 0 saturated carbocycles. The van der Waals surface area contributed by atoms with Crippen molar-refractivity contribution in [3.63, 3.8) is 0 Å². The van der Waals surface area contributed by atoms with Crippen molar-refractivity contribution in [1.82, 2.24) is 0 Å². The van der Waals surface area contributed by atoms with Crippen molar-refractivity contribution in [1.29, 1.82) is 0 Å². The summed E-state index contributed by atoms with van der Waals surface area (Å²) in [6.07, 6.45) is 0. The van der Waals surface area contributed by atoms with E-state index in [4.69, 9.17) is 0 Å². The van der Waals surface area contributed by atoms with E-state index in [1.807, 2.05) is 6.92 Å². The van der Waals surface area contributed by atoms with Crippen LogP contribution in [0, 0.1) is 4.20 Å². The molecule has 0 aromatic heterocycles. The molecule has 0 amide bonds. The van der Waals surface area contributed by atoms with Crippen LogP contribution in [0.25, 0.3) is 0 Å². The first-order valence-electron chi connectivity index (χ1n) is 0.858. The van der Waals surface area contributed by atoms with Crippen LogP contribution in [0.2, 0.25) is 0 Å². The van der Waals surface area contributed by atoms with Gasteiger partial charge in [0.05, 0.1) is 0 Å². The predicted molar refractivity (Wildman–Crippen MR) is 18.5 cm³/mol. The van der Waals surface area contributed by atoms with Crippen LogP contribution in [-0.4, -0.2) is 0 Å². The van der Waals surface area contributed by atoms with E-state index in [0.717, 1.165) is 0 Å². The number of rotatable bonds is 0. The topological polar surface area (TPSA) is 0 Å². The Hall–Kier alpha value is 0.948. The Morgan fingerprint density at radius 1 is 2.00 bits per heavy atom. The van der Waals surface area contributed by atoms with Gasteiger partial charge in [-0.15, -0.1) is 0 Å². The van der Waals surface area contributed by atoms with Crippen molar-refractivity contribution < 1.29 is 15.8 Å². The van der Waals surface area contributed by atoms with Gasteiger partial charge in [-0.1, -0.05) is 0 Å². The molecule has 0 fully saturated rings. The molecule has 0 rings (SSSR count).